The van der Waals surface area contributed by atoms with Gasteiger partial charge in [-0.3, -0.25) is 0 Å². The van der Waals surface area contributed by atoms with Crippen molar-refractivity contribution in [3.63, 3.8) is 0 Å². The van der Waals surface area contributed by atoms with Crippen LogP contribution in [0.4, 0.5) is 10.1 Å². The van der Waals surface area contributed by atoms with E-state index in [1.54, 1.807) is 6.07 Å². The highest BCUT2D eigenvalue weighted by atomic mass is 35.5. The van der Waals surface area contributed by atoms with Crippen molar-refractivity contribution in [2.24, 2.45) is 0 Å². The zero-order valence-corrected chi connectivity index (χ0v) is 11.6. The lowest BCUT2D eigenvalue weighted by Gasteiger charge is -2.13. The number of ether oxygens (including phenoxy) is 1. The van der Waals surface area contributed by atoms with Gasteiger partial charge in [-0.2, -0.15) is 0 Å². The van der Waals surface area contributed by atoms with Crippen molar-refractivity contribution in [1.29, 1.82) is 0 Å². The molecule has 0 aliphatic rings. The first-order chi connectivity index (χ1) is 9.11. The number of aryl methyl sites for hydroxylation is 1. The SMILES string of the molecule is CNc1c(Cl)cccc1COc1ccc(F)cc1C. The van der Waals surface area contributed by atoms with E-state index in [1.807, 2.05) is 32.2 Å². The zero-order chi connectivity index (χ0) is 13.8. The lowest BCUT2D eigenvalue weighted by molar-refractivity contribution is 0.304. The Balaban J connectivity index is 2.17. The molecule has 0 unspecified atom stereocenters. The second-order valence-electron chi connectivity index (χ2n) is 4.22. The van der Waals surface area contributed by atoms with E-state index < -0.39 is 0 Å². The second-order valence-corrected chi connectivity index (χ2v) is 4.63. The van der Waals surface area contributed by atoms with Crippen LogP contribution >= 0.6 is 11.6 Å². The molecule has 0 heterocycles. The van der Waals surface area contributed by atoms with Gasteiger partial charge in [-0.05, 0) is 36.8 Å². The highest BCUT2D eigenvalue weighted by Gasteiger charge is 2.07. The van der Waals surface area contributed by atoms with Crippen LogP contribution in [0.15, 0.2) is 36.4 Å². The molecule has 19 heavy (non-hydrogen) atoms. The normalized spacial score (nSPS) is 10.3. The molecule has 2 nitrogen and oxygen atoms in total. The van der Waals surface area contributed by atoms with Gasteiger partial charge in [0.25, 0.3) is 0 Å². The minimum absolute atomic E-state index is 0.261. The average molecular weight is 280 g/mol. The van der Waals surface area contributed by atoms with Gasteiger partial charge in [0.05, 0.1) is 10.7 Å². The molecule has 0 spiro atoms. The molecule has 0 bridgehead atoms. The Morgan fingerprint density at radius 2 is 2.05 bits per heavy atom. The molecule has 0 saturated carbocycles. The minimum atomic E-state index is -0.261. The molecule has 2 aromatic rings. The smallest absolute Gasteiger partial charge is 0.123 e. The van der Waals surface area contributed by atoms with Crippen molar-refractivity contribution in [2.45, 2.75) is 13.5 Å². The Labute approximate surface area is 117 Å². The van der Waals surface area contributed by atoms with Crippen LogP contribution in [0.3, 0.4) is 0 Å². The molecule has 0 fully saturated rings. The maximum Gasteiger partial charge on any atom is 0.123 e. The van der Waals surface area contributed by atoms with Crippen LogP contribution in [0, 0.1) is 12.7 Å². The first-order valence-corrected chi connectivity index (χ1v) is 6.33. The van der Waals surface area contributed by atoms with Crippen LogP contribution in [-0.4, -0.2) is 7.05 Å². The van der Waals surface area contributed by atoms with Gasteiger partial charge < -0.3 is 10.1 Å². The number of hydrogen-bond acceptors (Lipinski definition) is 2. The number of halogens is 2. The Morgan fingerprint density at radius 1 is 1.26 bits per heavy atom. The molecule has 2 rings (SSSR count). The van der Waals surface area contributed by atoms with Gasteiger partial charge in [0.1, 0.15) is 18.2 Å². The minimum Gasteiger partial charge on any atom is -0.489 e. The summed E-state index contributed by atoms with van der Waals surface area (Å²) in [5.41, 5.74) is 2.58. The number of benzene rings is 2. The topological polar surface area (TPSA) is 21.3 Å². The molecular formula is C15H15ClFNO. The molecule has 0 amide bonds. The highest BCUT2D eigenvalue weighted by Crippen LogP contribution is 2.27. The molecule has 100 valence electrons. The maximum absolute atomic E-state index is 13.0. The van der Waals surface area contributed by atoms with E-state index in [4.69, 9.17) is 16.3 Å². The Kier molecular flexibility index (Phi) is 4.27. The second kappa shape index (κ2) is 5.93. The number of nitrogens with one attached hydrogen (secondary N) is 1. The van der Waals surface area contributed by atoms with Crippen molar-refractivity contribution in [2.75, 3.05) is 12.4 Å². The van der Waals surface area contributed by atoms with Crippen LogP contribution < -0.4 is 10.1 Å². The van der Waals surface area contributed by atoms with Gasteiger partial charge in [-0.25, -0.2) is 4.39 Å². The third kappa shape index (κ3) is 3.18. The molecule has 0 saturated heterocycles. The summed E-state index contributed by atoms with van der Waals surface area (Å²) in [5.74, 6) is 0.409. The van der Waals surface area contributed by atoms with Crippen molar-refractivity contribution in [3.8, 4) is 5.75 Å². The lowest BCUT2D eigenvalue weighted by atomic mass is 10.2. The van der Waals surface area contributed by atoms with Gasteiger partial charge in [0, 0.05) is 12.6 Å². The molecule has 4 heteroatoms. The van der Waals surface area contributed by atoms with E-state index in [0.29, 0.717) is 17.4 Å². The van der Waals surface area contributed by atoms with Crippen molar-refractivity contribution >= 4 is 17.3 Å². The van der Waals surface area contributed by atoms with E-state index >= 15 is 0 Å². The molecule has 2 aromatic carbocycles. The molecule has 0 atom stereocenters. The number of rotatable bonds is 4. The number of anilines is 1. The summed E-state index contributed by atoms with van der Waals surface area (Å²) in [6.07, 6.45) is 0. The predicted molar refractivity (Wildman–Crippen MR) is 76.5 cm³/mol. The first-order valence-electron chi connectivity index (χ1n) is 5.96. The summed E-state index contributed by atoms with van der Waals surface area (Å²) in [6.45, 7) is 2.19. The van der Waals surface area contributed by atoms with Crippen molar-refractivity contribution < 1.29 is 9.13 Å². The fraction of sp³-hybridized carbons (Fsp3) is 0.200. The Hall–Kier alpha value is -1.74. The summed E-state index contributed by atoms with van der Waals surface area (Å²) >= 11 is 6.10. The number of para-hydroxylation sites is 1. The summed E-state index contributed by atoms with van der Waals surface area (Å²) in [6, 6.07) is 10.1. The largest absolute Gasteiger partial charge is 0.489 e. The maximum atomic E-state index is 13.0. The average Bonchev–Trinajstić information content (AvgIpc) is 2.38. The van der Waals surface area contributed by atoms with Gasteiger partial charge in [0.15, 0.2) is 0 Å². The fourth-order valence-corrected chi connectivity index (χ4v) is 2.19. The van der Waals surface area contributed by atoms with Crippen LogP contribution in [0.25, 0.3) is 0 Å². The summed E-state index contributed by atoms with van der Waals surface area (Å²) in [4.78, 5) is 0. The molecule has 0 aromatic heterocycles. The monoisotopic (exact) mass is 279 g/mol. The summed E-state index contributed by atoms with van der Waals surface area (Å²) < 4.78 is 18.7. The molecule has 1 N–H and O–H groups in total. The van der Waals surface area contributed by atoms with Crippen LogP contribution in [0.5, 0.6) is 5.75 Å². The Morgan fingerprint density at radius 3 is 2.74 bits per heavy atom. The lowest BCUT2D eigenvalue weighted by Crippen LogP contribution is -2.02. The van der Waals surface area contributed by atoms with E-state index in [-0.39, 0.29) is 5.82 Å². The molecule has 0 aliphatic carbocycles. The molecule has 0 aliphatic heterocycles. The highest BCUT2D eigenvalue weighted by molar-refractivity contribution is 6.33. The third-order valence-electron chi connectivity index (χ3n) is 2.87. The van der Waals surface area contributed by atoms with Crippen LogP contribution in [0.1, 0.15) is 11.1 Å². The standard InChI is InChI=1S/C15H15ClFNO/c1-10-8-12(17)6-7-14(10)19-9-11-4-3-5-13(16)15(11)18-2/h3-8,18H,9H2,1-2H3. The van der Waals surface area contributed by atoms with E-state index in [0.717, 1.165) is 16.8 Å². The van der Waals surface area contributed by atoms with Crippen molar-refractivity contribution in [3.05, 3.63) is 58.4 Å². The van der Waals surface area contributed by atoms with E-state index in [1.165, 1.54) is 12.1 Å². The van der Waals surface area contributed by atoms with Gasteiger partial charge in [0.2, 0.25) is 0 Å². The summed E-state index contributed by atoms with van der Waals surface area (Å²) in [7, 11) is 1.81. The third-order valence-corrected chi connectivity index (χ3v) is 3.19. The van der Waals surface area contributed by atoms with E-state index in [2.05, 4.69) is 5.32 Å². The van der Waals surface area contributed by atoms with E-state index in [9.17, 15) is 4.39 Å². The zero-order valence-electron chi connectivity index (χ0n) is 10.8. The molecular weight excluding hydrogens is 265 g/mol. The van der Waals surface area contributed by atoms with Crippen LogP contribution in [0.2, 0.25) is 5.02 Å². The van der Waals surface area contributed by atoms with Gasteiger partial charge in [-0.15, -0.1) is 0 Å². The van der Waals surface area contributed by atoms with Gasteiger partial charge in [-0.1, -0.05) is 23.7 Å². The number of hydrogen-bond donors (Lipinski definition) is 1. The first kappa shape index (κ1) is 13.7. The van der Waals surface area contributed by atoms with Crippen LogP contribution in [-0.2, 0) is 6.61 Å². The molecule has 0 radical (unpaired) electrons. The fourth-order valence-electron chi connectivity index (χ4n) is 1.90. The van der Waals surface area contributed by atoms with Gasteiger partial charge >= 0.3 is 0 Å². The van der Waals surface area contributed by atoms with Crippen molar-refractivity contribution in [1.82, 2.24) is 0 Å². The summed E-state index contributed by atoms with van der Waals surface area (Å²) in [5, 5.41) is 3.70. The quantitative estimate of drug-likeness (QED) is 0.895. The predicted octanol–water partition coefficient (Wildman–Crippen LogP) is 4.41. The Bertz CT molecular complexity index is 586.